The first kappa shape index (κ1) is 13.1. The molecular formula is C17H13N3O. The zero-order valence-electron chi connectivity index (χ0n) is 11.3. The smallest absolute Gasteiger partial charge is 0.101 e. The largest absolute Gasteiger partial charge is 0.392 e. The minimum Gasteiger partial charge on any atom is -0.392 e. The number of rotatable bonds is 3. The maximum atomic E-state index is 9.25. The van der Waals surface area contributed by atoms with Gasteiger partial charge in [-0.1, -0.05) is 36.4 Å². The molecule has 0 saturated heterocycles. The lowest BCUT2D eigenvalue weighted by molar-refractivity contribution is 0.282. The molecule has 0 saturated carbocycles. The summed E-state index contributed by atoms with van der Waals surface area (Å²) in [4.78, 5) is 0. The molecule has 4 heteroatoms. The third-order valence-corrected chi connectivity index (χ3v) is 3.30. The predicted octanol–water partition coefficient (Wildman–Crippen LogP) is 2.90. The molecule has 0 fully saturated rings. The molecule has 1 aromatic heterocycles. The van der Waals surface area contributed by atoms with E-state index < -0.39 is 0 Å². The van der Waals surface area contributed by atoms with Crippen molar-refractivity contribution < 1.29 is 5.11 Å². The topological polar surface area (TPSA) is 61.8 Å². The Hall–Kier alpha value is -2.90. The van der Waals surface area contributed by atoms with Gasteiger partial charge in [0.1, 0.15) is 6.07 Å². The number of hydrogen-bond acceptors (Lipinski definition) is 3. The lowest BCUT2D eigenvalue weighted by Gasteiger charge is -2.05. The van der Waals surface area contributed by atoms with Crippen LogP contribution < -0.4 is 0 Å². The molecule has 1 heterocycles. The summed E-state index contributed by atoms with van der Waals surface area (Å²) in [5.74, 6) is 0. The molecule has 1 N–H and O–H groups in total. The van der Waals surface area contributed by atoms with Crippen LogP contribution in [-0.4, -0.2) is 14.9 Å². The number of aliphatic hydroxyl groups is 1. The van der Waals surface area contributed by atoms with E-state index in [2.05, 4.69) is 11.2 Å². The van der Waals surface area contributed by atoms with Crippen LogP contribution in [0.25, 0.3) is 16.8 Å². The SMILES string of the molecule is N#Cc1cc(CO)ccc1-n1cc(-c2ccccc2)cn1. The Morgan fingerprint density at radius 2 is 1.90 bits per heavy atom. The van der Waals surface area contributed by atoms with Gasteiger partial charge in [0.2, 0.25) is 0 Å². The molecule has 3 aromatic rings. The average molecular weight is 275 g/mol. The van der Waals surface area contributed by atoms with Crippen molar-refractivity contribution >= 4 is 0 Å². The highest BCUT2D eigenvalue weighted by Crippen LogP contribution is 2.21. The highest BCUT2D eigenvalue weighted by Gasteiger charge is 2.08. The number of benzene rings is 2. The summed E-state index contributed by atoms with van der Waals surface area (Å²) < 4.78 is 1.68. The van der Waals surface area contributed by atoms with E-state index in [0.29, 0.717) is 16.8 Å². The third kappa shape index (κ3) is 2.55. The number of nitriles is 1. The Morgan fingerprint density at radius 1 is 1.10 bits per heavy atom. The maximum Gasteiger partial charge on any atom is 0.101 e. The minimum atomic E-state index is -0.0800. The molecule has 0 bridgehead atoms. The summed E-state index contributed by atoms with van der Waals surface area (Å²) in [6.07, 6.45) is 3.67. The van der Waals surface area contributed by atoms with Gasteiger partial charge < -0.3 is 5.11 Å². The van der Waals surface area contributed by atoms with Crippen LogP contribution in [0.4, 0.5) is 0 Å². The first-order chi connectivity index (χ1) is 10.3. The van der Waals surface area contributed by atoms with E-state index in [1.807, 2.05) is 36.5 Å². The fraction of sp³-hybridized carbons (Fsp3) is 0.0588. The summed E-state index contributed by atoms with van der Waals surface area (Å²) in [5.41, 5.74) is 3.98. The molecule has 0 unspecified atom stereocenters. The van der Waals surface area contributed by atoms with Crippen LogP contribution in [0, 0.1) is 11.3 Å². The Morgan fingerprint density at radius 3 is 2.62 bits per heavy atom. The first-order valence-electron chi connectivity index (χ1n) is 6.56. The Bertz CT molecular complexity index is 800. The van der Waals surface area contributed by atoms with Crippen molar-refractivity contribution in [3.63, 3.8) is 0 Å². The fourth-order valence-electron chi connectivity index (χ4n) is 2.21. The number of hydrogen-bond donors (Lipinski definition) is 1. The summed E-state index contributed by atoms with van der Waals surface area (Å²) in [5, 5.41) is 22.7. The van der Waals surface area contributed by atoms with Crippen molar-refractivity contribution in [3.8, 4) is 22.9 Å². The van der Waals surface area contributed by atoms with Gasteiger partial charge in [-0.2, -0.15) is 10.4 Å². The molecule has 0 aliphatic rings. The molecule has 0 aliphatic carbocycles. The van der Waals surface area contributed by atoms with Gasteiger partial charge in [-0.05, 0) is 23.3 Å². The van der Waals surface area contributed by atoms with Crippen molar-refractivity contribution in [2.24, 2.45) is 0 Å². The van der Waals surface area contributed by atoms with E-state index in [0.717, 1.165) is 11.1 Å². The summed E-state index contributed by atoms with van der Waals surface area (Å²) >= 11 is 0. The molecular weight excluding hydrogens is 262 g/mol. The first-order valence-corrected chi connectivity index (χ1v) is 6.56. The molecule has 0 amide bonds. The van der Waals surface area contributed by atoms with Crippen LogP contribution in [0.2, 0.25) is 0 Å². The van der Waals surface area contributed by atoms with Crippen molar-refractivity contribution in [2.75, 3.05) is 0 Å². The number of aliphatic hydroxyl groups excluding tert-OH is 1. The minimum absolute atomic E-state index is 0.0800. The van der Waals surface area contributed by atoms with Gasteiger partial charge in [-0.25, -0.2) is 4.68 Å². The van der Waals surface area contributed by atoms with Gasteiger partial charge >= 0.3 is 0 Å². The van der Waals surface area contributed by atoms with Crippen molar-refractivity contribution in [1.29, 1.82) is 5.26 Å². The second-order valence-corrected chi connectivity index (χ2v) is 4.66. The Labute approximate surface area is 122 Å². The molecule has 21 heavy (non-hydrogen) atoms. The van der Waals surface area contributed by atoms with Crippen molar-refractivity contribution in [1.82, 2.24) is 9.78 Å². The second kappa shape index (κ2) is 5.61. The van der Waals surface area contributed by atoms with E-state index >= 15 is 0 Å². The van der Waals surface area contributed by atoms with E-state index in [4.69, 9.17) is 5.11 Å². The molecule has 0 aliphatic heterocycles. The number of aromatic nitrogens is 2. The highest BCUT2D eigenvalue weighted by atomic mass is 16.3. The molecule has 3 rings (SSSR count). The second-order valence-electron chi connectivity index (χ2n) is 4.66. The van der Waals surface area contributed by atoms with Gasteiger partial charge in [0.25, 0.3) is 0 Å². The normalized spacial score (nSPS) is 10.3. The van der Waals surface area contributed by atoms with Crippen LogP contribution in [-0.2, 0) is 6.61 Å². The fourth-order valence-corrected chi connectivity index (χ4v) is 2.21. The van der Waals surface area contributed by atoms with Crippen LogP contribution in [0.15, 0.2) is 60.9 Å². The molecule has 4 nitrogen and oxygen atoms in total. The standard InChI is InChI=1S/C17H13N3O/c18-9-15-8-13(12-21)6-7-17(15)20-11-16(10-19-20)14-4-2-1-3-5-14/h1-8,10-11,21H,12H2. The van der Waals surface area contributed by atoms with E-state index in [-0.39, 0.29) is 6.61 Å². The van der Waals surface area contributed by atoms with Gasteiger partial charge in [0.15, 0.2) is 0 Å². The van der Waals surface area contributed by atoms with E-state index in [9.17, 15) is 5.26 Å². The molecule has 0 atom stereocenters. The van der Waals surface area contributed by atoms with Crippen LogP contribution >= 0.6 is 0 Å². The quantitative estimate of drug-likeness (QED) is 0.799. The zero-order valence-corrected chi connectivity index (χ0v) is 11.3. The van der Waals surface area contributed by atoms with Gasteiger partial charge in [0.05, 0.1) is 24.1 Å². The summed E-state index contributed by atoms with van der Waals surface area (Å²) in [7, 11) is 0. The molecule has 102 valence electrons. The summed E-state index contributed by atoms with van der Waals surface area (Å²) in [6, 6.07) is 17.4. The Kier molecular flexibility index (Phi) is 3.50. The zero-order chi connectivity index (χ0) is 14.7. The predicted molar refractivity (Wildman–Crippen MR) is 79.6 cm³/mol. The monoisotopic (exact) mass is 275 g/mol. The van der Waals surface area contributed by atoms with Crippen molar-refractivity contribution in [3.05, 3.63) is 72.1 Å². The molecule has 0 spiro atoms. The highest BCUT2D eigenvalue weighted by molar-refractivity contribution is 5.62. The Balaban J connectivity index is 2.03. The van der Waals surface area contributed by atoms with Crippen LogP contribution in [0.5, 0.6) is 0 Å². The third-order valence-electron chi connectivity index (χ3n) is 3.30. The van der Waals surface area contributed by atoms with Crippen LogP contribution in [0.1, 0.15) is 11.1 Å². The van der Waals surface area contributed by atoms with Crippen molar-refractivity contribution in [2.45, 2.75) is 6.61 Å². The number of nitrogens with zero attached hydrogens (tertiary/aromatic N) is 3. The van der Waals surface area contributed by atoms with E-state index in [1.54, 1.807) is 29.1 Å². The van der Waals surface area contributed by atoms with Gasteiger partial charge in [0, 0.05) is 11.8 Å². The molecule has 2 aromatic carbocycles. The van der Waals surface area contributed by atoms with E-state index in [1.165, 1.54) is 0 Å². The van der Waals surface area contributed by atoms with Crippen LogP contribution in [0.3, 0.4) is 0 Å². The van der Waals surface area contributed by atoms with Gasteiger partial charge in [-0.15, -0.1) is 0 Å². The lowest BCUT2D eigenvalue weighted by Crippen LogP contribution is -1.99. The average Bonchev–Trinajstić information content (AvgIpc) is 3.04. The summed E-state index contributed by atoms with van der Waals surface area (Å²) in [6.45, 7) is -0.0800. The maximum absolute atomic E-state index is 9.25. The molecule has 0 radical (unpaired) electrons. The van der Waals surface area contributed by atoms with Gasteiger partial charge in [-0.3, -0.25) is 0 Å². The lowest BCUT2D eigenvalue weighted by atomic mass is 10.1.